The molecule has 0 atom stereocenters. The van der Waals surface area contributed by atoms with E-state index >= 15 is 0 Å². The Morgan fingerprint density at radius 3 is 2.60 bits per heavy atom. The maximum atomic E-state index is 11.4. The van der Waals surface area contributed by atoms with Crippen LogP contribution in [0.25, 0.3) is 0 Å². The Morgan fingerprint density at radius 1 is 1.25 bits per heavy atom. The van der Waals surface area contributed by atoms with Gasteiger partial charge in [0, 0.05) is 25.3 Å². The fraction of sp³-hybridized carbons (Fsp3) is 0.533. The number of nitrogens with zero attached hydrogens (tertiary/aromatic N) is 1. The minimum atomic E-state index is -0.0198. The topological polar surface area (TPSA) is 53.6 Å². The molecule has 1 aromatic rings. The smallest absolute Gasteiger partial charge is 0.238 e. The molecule has 1 amide bonds. The molecule has 0 aromatic heterocycles. The number of amides is 1. The summed E-state index contributed by atoms with van der Waals surface area (Å²) in [6.45, 7) is 5.14. The molecule has 0 spiro atoms. The number of likely N-dealkylation sites (N-methyl/N-ethyl adjacent to an activating group) is 1. The number of hydrogen-bond donors (Lipinski definition) is 2. The lowest BCUT2D eigenvalue weighted by Crippen LogP contribution is -2.37. The molecule has 5 heteroatoms. The van der Waals surface area contributed by atoms with Crippen LogP contribution in [0, 0.1) is 0 Å². The van der Waals surface area contributed by atoms with Crippen molar-refractivity contribution in [3.63, 3.8) is 0 Å². The first kappa shape index (κ1) is 15.0. The van der Waals surface area contributed by atoms with E-state index in [0.29, 0.717) is 6.54 Å². The second-order valence-electron chi connectivity index (χ2n) is 4.98. The summed E-state index contributed by atoms with van der Waals surface area (Å²) in [5, 5.41) is 5.68. The fourth-order valence-corrected chi connectivity index (χ4v) is 2.23. The summed E-state index contributed by atoms with van der Waals surface area (Å²) in [6.07, 6.45) is 1.03. The molecule has 2 N–H and O–H groups in total. The van der Waals surface area contributed by atoms with Gasteiger partial charge in [-0.1, -0.05) is 12.1 Å². The van der Waals surface area contributed by atoms with Crippen molar-refractivity contribution in [1.82, 2.24) is 10.2 Å². The van der Waals surface area contributed by atoms with Gasteiger partial charge >= 0.3 is 0 Å². The van der Waals surface area contributed by atoms with Crippen LogP contribution in [0.1, 0.15) is 5.56 Å². The van der Waals surface area contributed by atoms with Crippen molar-refractivity contribution in [3.8, 4) is 0 Å². The summed E-state index contributed by atoms with van der Waals surface area (Å²) in [7, 11) is 1.76. The van der Waals surface area contributed by atoms with Gasteiger partial charge in [-0.25, -0.2) is 0 Å². The van der Waals surface area contributed by atoms with Crippen LogP contribution in [0.2, 0.25) is 0 Å². The Kier molecular flexibility index (Phi) is 5.98. The van der Waals surface area contributed by atoms with Gasteiger partial charge < -0.3 is 15.4 Å². The van der Waals surface area contributed by atoms with E-state index in [1.807, 2.05) is 12.1 Å². The number of hydrogen-bond acceptors (Lipinski definition) is 4. The highest BCUT2D eigenvalue weighted by Crippen LogP contribution is 2.10. The summed E-state index contributed by atoms with van der Waals surface area (Å²) in [5.41, 5.74) is 2.14. The second kappa shape index (κ2) is 7.99. The number of carbonyl (C=O) groups is 1. The number of carbonyl (C=O) groups excluding carboxylic acids is 1. The van der Waals surface area contributed by atoms with Gasteiger partial charge in [0.15, 0.2) is 0 Å². The molecule has 20 heavy (non-hydrogen) atoms. The van der Waals surface area contributed by atoms with Crippen LogP contribution >= 0.6 is 0 Å². The van der Waals surface area contributed by atoms with Gasteiger partial charge in [0.05, 0.1) is 19.8 Å². The Hall–Kier alpha value is -1.43. The highest BCUT2D eigenvalue weighted by molar-refractivity contribution is 5.92. The van der Waals surface area contributed by atoms with Gasteiger partial charge in [0.2, 0.25) is 5.91 Å². The number of rotatable bonds is 6. The maximum absolute atomic E-state index is 11.4. The van der Waals surface area contributed by atoms with Crippen molar-refractivity contribution in [2.45, 2.75) is 6.42 Å². The average Bonchev–Trinajstić information content (AvgIpc) is 2.48. The monoisotopic (exact) mass is 277 g/mol. The van der Waals surface area contributed by atoms with E-state index < -0.39 is 0 Å². The molecule has 1 saturated heterocycles. The van der Waals surface area contributed by atoms with Crippen molar-refractivity contribution >= 4 is 11.6 Å². The summed E-state index contributed by atoms with van der Waals surface area (Å²) >= 11 is 0. The third kappa shape index (κ3) is 4.92. The number of ether oxygens (including phenoxy) is 1. The van der Waals surface area contributed by atoms with E-state index in [9.17, 15) is 4.79 Å². The number of benzene rings is 1. The van der Waals surface area contributed by atoms with E-state index in [0.717, 1.165) is 45.0 Å². The van der Waals surface area contributed by atoms with Crippen LogP contribution in [0.5, 0.6) is 0 Å². The Morgan fingerprint density at radius 2 is 1.95 bits per heavy atom. The lowest BCUT2D eigenvalue weighted by Gasteiger charge is -2.26. The van der Waals surface area contributed by atoms with Crippen LogP contribution in [-0.2, 0) is 16.0 Å². The Balaban J connectivity index is 1.77. The van der Waals surface area contributed by atoms with E-state index in [1.54, 1.807) is 7.05 Å². The summed E-state index contributed by atoms with van der Waals surface area (Å²) in [6, 6.07) is 8.08. The van der Waals surface area contributed by atoms with Crippen molar-refractivity contribution in [2.24, 2.45) is 0 Å². The molecule has 1 aliphatic rings. The van der Waals surface area contributed by atoms with Crippen LogP contribution < -0.4 is 10.6 Å². The van der Waals surface area contributed by atoms with Crippen LogP contribution in [-0.4, -0.2) is 57.2 Å². The van der Waals surface area contributed by atoms with Crippen LogP contribution in [0.3, 0.4) is 0 Å². The quantitative estimate of drug-likeness (QED) is 0.804. The molecule has 0 aliphatic carbocycles. The van der Waals surface area contributed by atoms with E-state index in [1.165, 1.54) is 5.56 Å². The predicted octanol–water partition coefficient (Wildman–Crippen LogP) is 0.719. The minimum Gasteiger partial charge on any atom is -0.379 e. The first-order chi connectivity index (χ1) is 9.78. The van der Waals surface area contributed by atoms with E-state index in [-0.39, 0.29) is 5.91 Å². The number of anilines is 1. The molecule has 1 aromatic carbocycles. The zero-order valence-electron chi connectivity index (χ0n) is 12.0. The second-order valence-corrected chi connectivity index (χ2v) is 4.98. The molecular formula is C15H23N3O2. The molecule has 110 valence electrons. The SMILES string of the molecule is CNCC(=O)Nc1ccc(CCN2CCOCC2)cc1. The molecule has 2 rings (SSSR count). The lowest BCUT2D eigenvalue weighted by molar-refractivity contribution is -0.115. The van der Waals surface area contributed by atoms with E-state index in [4.69, 9.17) is 4.74 Å². The Bertz CT molecular complexity index is 414. The van der Waals surface area contributed by atoms with Gasteiger partial charge in [-0.3, -0.25) is 9.69 Å². The molecular weight excluding hydrogens is 254 g/mol. The fourth-order valence-electron chi connectivity index (χ4n) is 2.23. The normalized spacial score (nSPS) is 16.1. The zero-order valence-corrected chi connectivity index (χ0v) is 12.0. The predicted molar refractivity (Wildman–Crippen MR) is 80.0 cm³/mol. The standard InChI is InChI=1S/C15H23N3O2/c1-16-12-15(19)17-14-4-2-13(3-5-14)6-7-18-8-10-20-11-9-18/h2-5,16H,6-12H2,1H3,(H,17,19). The van der Waals surface area contributed by atoms with Crippen molar-refractivity contribution in [1.29, 1.82) is 0 Å². The Labute approximate surface area is 120 Å². The van der Waals surface area contributed by atoms with Gasteiger partial charge in [-0.15, -0.1) is 0 Å². The van der Waals surface area contributed by atoms with Crippen molar-refractivity contribution in [2.75, 3.05) is 51.8 Å². The molecule has 0 saturated carbocycles. The summed E-state index contributed by atoms with van der Waals surface area (Å²) in [4.78, 5) is 13.9. The first-order valence-electron chi connectivity index (χ1n) is 7.11. The molecule has 0 bridgehead atoms. The van der Waals surface area contributed by atoms with Gasteiger partial charge in [0.1, 0.15) is 0 Å². The molecule has 1 aliphatic heterocycles. The average molecular weight is 277 g/mol. The molecule has 5 nitrogen and oxygen atoms in total. The highest BCUT2D eigenvalue weighted by atomic mass is 16.5. The first-order valence-corrected chi connectivity index (χ1v) is 7.11. The molecule has 0 unspecified atom stereocenters. The highest BCUT2D eigenvalue weighted by Gasteiger charge is 2.09. The molecule has 1 fully saturated rings. The third-order valence-electron chi connectivity index (χ3n) is 3.40. The molecule has 0 radical (unpaired) electrons. The van der Waals surface area contributed by atoms with Gasteiger partial charge in [-0.2, -0.15) is 0 Å². The zero-order chi connectivity index (χ0) is 14.2. The van der Waals surface area contributed by atoms with Gasteiger partial charge in [-0.05, 0) is 31.2 Å². The number of morpholine rings is 1. The largest absolute Gasteiger partial charge is 0.379 e. The van der Waals surface area contributed by atoms with Gasteiger partial charge in [0.25, 0.3) is 0 Å². The maximum Gasteiger partial charge on any atom is 0.238 e. The summed E-state index contributed by atoms with van der Waals surface area (Å²) in [5.74, 6) is -0.0198. The lowest BCUT2D eigenvalue weighted by atomic mass is 10.1. The minimum absolute atomic E-state index is 0.0198. The third-order valence-corrected chi connectivity index (χ3v) is 3.40. The van der Waals surface area contributed by atoms with Crippen LogP contribution in [0.15, 0.2) is 24.3 Å². The summed E-state index contributed by atoms with van der Waals surface area (Å²) < 4.78 is 5.34. The van der Waals surface area contributed by atoms with E-state index in [2.05, 4.69) is 27.7 Å². The number of nitrogens with one attached hydrogen (secondary N) is 2. The van der Waals surface area contributed by atoms with Crippen molar-refractivity contribution in [3.05, 3.63) is 29.8 Å². The molecule has 1 heterocycles. The van der Waals surface area contributed by atoms with Crippen LogP contribution in [0.4, 0.5) is 5.69 Å². The van der Waals surface area contributed by atoms with Crippen molar-refractivity contribution < 1.29 is 9.53 Å².